The van der Waals surface area contributed by atoms with Gasteiger partial charge in [-0.2, -0.15) is 0 Å². The monoisotopic (exact) mass is 323 g/mol. The molecule has 23 heavy (non-hydrogen) atoms. The van der Waals surface area contributed by atoms with Crippen molar-refractivity contribution in [1.29, 1.82) is 0 Å². The lowest BCUT2D eigenvalue weighted by Gasteiger charge is -2.27. The van der Waals surface area contributed by atoms with Crippen LogP contribution in [0.3, 0.4) is 0 Å². The molecule has 0 spiro atoms. The fraction of sp³-hybridized carbons (Fsp3) is 0.947. The molecule has 0 aliphatic carbocycles. The summed E-state index contributed by atoms with van der Waals surface area (Å²) >= 11 is 0. The third-order valence-electron chi connectivity index (χ3n) is 5.62. The number of hydrogen-bond acceptors (Lipinski definition) is 3. The zero-order chi connectivity index (χ0) is 16.3. The van der Waals surface area contributed by atoms with Gasteiger partial charge in [-0.25, -0.2) is 0 Å². The molecule has 0 aromatic rings. The summed E-state index contributed by atoms with van der Waals surface area (Å²) in [6.45, 7) is 9.19. The highest BCUT2D eigenvalue weighted by Crippen LogP contribution is 2.24. The van der Waals surface area contributed by atoms with Crippen LogP contribution in [0, 0.1) is 11.8 Å². The number of piperidine rings is 2. The smallest absolute Gasteiger partial charge is 0.220 e. The number of carbonyl (C=O) groups excluding carboxylic acids is 1. The van der Waals surface area contributed by atoms with Gasteiger partial charge in [0.05, 0.1) is 0 Å². The maximum absolute atomic E-state index is 12.0. The number of hydrogen-bond donors (Lipinski definition) is 2. The summed E-state index contributed by atoms with van der Waals surface area (Å²) in [6.07, 6.45) is 11.0. The molecule has 0 bridgehead atoms. The average Bonchev–Trinajstić information content (AvgIpc) is 2.59. The largest absolute Gasteiger partial charge is 0.356 e. The molecule has 4 nitrogen and oxygen atoms in total. The van der Waals surface area contributed by atoms with Crippen LogP contribution in [-0.4, -0.2) is 50.1 Å². The molecule has 0 saturated carbocycles. The van der Waals surface area contributed by atoms with Crippen LogP contribution in [-0.2, 0) is 4.79 Å². The van der Waals surface area contributed by atoms with Crippen molar-refractivity contribution in [1.82, 2.24) is 15.5 Å². The van der Waals surface area contributed by atoms with Gasteiger partial charge in [-0.3, -0.25) is 4.79 Å². The van der Waals surface area contributed by atoms with E-state index in [9.17, 15) is 4.79 Å². The number of rotatable bonds is 9. The molecule has 4 heteroatoms. The Kier molecular flexibility index (Phi) is 8.98. The summed E-state index contributed by atoms with van der Waals surface area (Å²) in [4.78, 5) is 14.6. The van der Waals surface area contributed by atoms with Crippen molar-refractivity contribution in [2.75, 3.05) is 39.3 Å². The van der Waals surface area contributed by atoms with Crippen molar-refractivity contribution >= 4 is 5.91 Å². The molecule has 134 valence electrons. The minimum Gasteiger partial charge on any atom is -0.356 e. The topological polar surface area (TPSA) is 44.4 Å². The molecule has 2 N–H and O–H groups in total. The third kappa shape index (κ3) is 7.67. The number of carbonyl (C=O) groups is 1. The zero-order valence-electron chi connectivity index (χ0n) is 15.1. The van der Waals surface area contributed by atoms with Crippen LogP contribution in [0.5, 0.6) is 0 Å². The lowest BCUT2D eigenvalue weighted by Crippen LogP contribution is -2.33. The Morgan fingerprint density at radius 3 is 2.61 bits per heavy atom. The van der Waals surface area contributed by atoms with Gasteiger partial charge in [0.1, 0.15) is 0 Å². The van der Waals surface area contributed by atoms with Gasteiger partial charge in [-0.1, -0.05) is 19.8 Å². The number of likely N-dealkylation sites (tertiary alicyclic amines) is 1. The van der Waals surface area contributed by atoms with E-state index in [1.807, 2.05) is 0 Å². The second-order valence-corrected chi connectivity index (χ2v) is 7.58. The Hall–Kier alpha value is -0.610. The molecule has 2 aliphatic rings. The Morgan fingerprint density at radius 1 is 1.13 bits per heavy atom. The molecule has 2 rings (SSSR count). The van der Waals surface area contributed by atoms with Crippen molar-refractivity contribution in [2.24, 2.45) is 11.8 Å². The molecular weight excluding hydrogens is 286 g/mol. The van der Waals surface area contributed by atoms with Gasteiger partial charge < -0.3 is 15.5 Å². The average molecular weight is 324 g/mol. The van der Waals surface area contributed by atoms with Gasteiger partial charge in [-0.05, 0) is 83.1 Å². The quantitative estimate of drug-likeness (QED) is 0.641. The van der Waals surface area contributed by atoms with Crippen LogP contribution in [0.1, 0.15) is 64.7 Å². The van der Waals surface area contributed by atoms with E-state index in [1.165, 1.54) is 64.6 Å². The maximum Gasteiger partial charge on any atom is 0.220 e. The molecule has 1 amide bonds. The first kappa shape index (κ1) is 18.7. The van der Waals surface area contributed by atoms with E-state index in [0.29, 0.717) is 12.3 Å². The van der Waals surface area contributed by atoms with E-state index in [4.69, 9.17) is 0 Å². The van der Waals surface area contributed by atoms with Crippen LogP contribution >= 0.6 is 0 Å². The second-order valence-electron chi connectivity index (χ2n) is 7.58. The number of nitrogens with zero attached hydrogens (tertiary/aromatic N) is 1. The fourth-order valence-electron chi connectivity index (χ4n) is 3.99. The molecule has 1 atom stereocenters. The normalized spacial score (nSPS) is 22.0. The first-order valence-electron chi connectivity index (χ1n) is 9.95. The van der Waals surface area contributed by atoms with Crippen LogP contribution in [0.2, 0.25) is 0 Å². The van der Waals surface area contributed by atoms with Gasteiger partial charge in [-0.15, -0.1) is 0 Å². The minimum atomic E-state index is 0.257. The van der Waals surface area contributed by atoms with Crippen LogP contribution in [0.25, 0.3) is 0 Å². The van der Waals surface area contributed by atoms with E-state index in [2.05, 4.69) is 22.5 Å². The maximum atomic E-state index is 12.0. The number of amides is 1. The number of unbranched alkanes of at least 4 members (excludes halogenated alkanes) is 2. The standard InChI is InChI=1S/C19H37N3O/c1-17(18-8-11-20-12-9-18)16-19(23)21-10-4-2-5-13-22-14-6-3-7-15-22/h17-18,20H,2-16H2,1H3,(H,21,23). The summed E-state index contributed by atoms with van der Waals surface area (Å²) in [7, 11) is 0. The zero-order valence-corrected chi connectivity index (χ0v) is 15.1. The van der Waals surface area contributed by atoms with Gasteiger partial charge in [0.2, 0.25) is 5.91 Å². The van der Waals surface area contributed by atoms with Crippen molar-refractivity contribution in [3.8, 4) is 0 Å². The lowest BCUT2D eigenvalue weighted by molar-refractivity contribution is -0.122. The Balaban J connectivity index is 1.44. The van der Waals surface area contributed by atoms with Gasteiger partial charge in [0, 0.05) is 13.0 Å². The summed E-state index contributed by atoms with van der Waals surface area (Å²) < 4.78 is 0. The van der Waals surface area contributed by atoms with Crippen LogP contribution in [0.4, 0.5) is 0 Å². The van der Waals surface area contributed by atoms with Gasteiger partial charge in [0.15, 0.2) is 0 Å². The lowest BCUT2D eigenvalue weighted by atomic mass is 9.84. The van der Waals surface area contributed by atoms with Crippen LogP contribution in [0.15, 0.2) is 0 Å². The number of nitrogens with one attached hydrogen (secondary N) is 2. The molecule has 0 radical (unpaired) electrons. The Bertz CT molecular complexity index is 323. The summed E-state index contributed by atoms with van der Waals surface area (Å²) in [5.74, 6) is 1.51. The van der Waals surface area contributed by atoms with Crippen molar-refractivity contribution in [3.63, 3.8) is 0 Å². The first-order valence-corrected chi connectivity index (χ1v) is 9.95. The minimum absolute atomic E-state index is 0.257. The summed E-state index contributed by atoms with van der Waals surface area (Å²) in [5, 5.41) is 6.52. The fourth-order valence-corrected chi connectivity index (χ4v) is 3.99. The van der Waals surface area contributed by atoms with Crippen molar-refractivity contribution in [3.05, 3.63) is 0 Å². The van der Waals surface area contributed by atoms with Gasteiger partial charge in [0.25, 0.3) is 0 Å². The summed E-state index contributed by atoms with van der Waals surface area (Å²) in [5.41, 5.74) is 0. The predicted molar refractivity (Wildman–Crippen MR) is 96.5 cm³/mol. The Morgan fingerprint density at radius 2 is 1.87 bits per heavy atom. The molecule has 0 aromatic heterocycles. The van der Waals surface area contributed by atoms with Gasteiger partial charge >= 0.3 is 0 Å². The molecule has 2 saturated heterocycles. The highest BCUT2D eigenvalue weighted by Gasteiger charge is 2.21. The van der Waals surface area contributed by atoms with Crippen LogP contribution < -0.4 is 10.6 Å². The third-order valence-corrected chi connectivity index (χ3v) is 5.62. The Labute approximate surface area is 142 Å². The molecule has 2 aliphatic heterocycles. The molecular formula is C19H37N3O. The highest BCUT2D eigenvalue weighted by atomic mass is 16.1. The summed E-state index contributed by atoms with van der Waals surface area (Å²) in [6, 6.07) is 0. The van der Waals surface area contributed by atoms with E-state index >= 15 is 0 Å². The van der Waals surface area contributed by atoms with E-state index in [1.54, 1.807) is 0 Å². The second kappa shape index (κ2) is 11.0. The molecule has 2 fully saturated rings. The SMILES string of the molecule is CC(CC(=O)NCCCCCN1CCCCC1)C1CCNCC1. The van der Waals surface area contributed by atoms with Crippen molar-refractivity contribution < 1.29 is 4.79 Å². The molecule has 2 heterocycles. The van der Waals surface area contributed by atoms with E-state index in [-0.39, 0.29) is 5.91 Å². The predicted octanol–water partition coefficient (Wildman–Crippen LogP) is 2.78. The van der Waals surface area contributed by atoms with E-state index in [0.717, 1.165) is 32.0 Å². The first-order chi connectivity index (χ1) is 11.3. The highest BCUT2D eigenvalue weighted by molar-refractivity contribution is 5.76. The van der Waals surface area contributed by atoms with E-state index < -0.39 is 0 Å². The van der Waals surface area contributed by atoms with Crippen molar-refractivity contribution in [2.45, 2.75) is 64.7 Å². The molecule has 1 unspecified atom stereocenters. The molecule has 0 aromatic carbocycles.